The van der Waals surface area contributed by atoms with Crippen molar-refractivity contribution in [3.05, 3.63) is 5.82 Å². The van der Waals surface area contributed by atoms with Crippen molar-refractivity contribution in [2.45, 2.75) is 19.8 Å². The smallest absolute Gasteiger partial charge is 0.202 e. The van der Waals surface area contributed by atoms with Crippen LogP contribution in [0.2, 0.25) is 0 Å². The van der Waals surface area contributed by atoms with E-state index < -0.39 is 0 Å². The second-order valence-corrected chi connectivity index (χ2v) is 3.85. The highest BCUT2D eigenvalue weighted by Crippen LogP contribution is 2.11. The van der Waals surface area contributed by atoms with Crippen molar-refractivity contribution in [1.82, 2.24) is 9.36 Å². The first-order chi connectivity index (χ1) is 7.36. The first-order valence-electron chi connectivity index (χ1n) is 5.21. The number of anilines is 1. The van der Waals surface area contributed by atoms with Crippen LogP contribution in [0.25, 0.3) is 0 Å². The number of ether oxygens (including phenoxy) is 1. The molecular formula is C9H18N4OS. The fourth-order valence-electron chi connectivity index (χ4n) is 1.07. The number of aromatic nitrogens is 2. The van der Waals surface area contributed by atoms with E-state index in [2.05, 4.69) is 21.6 Å². The Morgan fingerprint density at radius 3 is 3.07 bits per heavy atom. The monoisotopic (exact) mass is 230 g/mol. The minimum Gasteiger partial charge on any atom is -0.378 e. The molecule has 1 heterocycles. The third-order valence-electron chi connectivity index (χ3n) is 1.73. The topological polar surface area (TPSA) is 73.1 Å². The Morgan fingerprint density at radius 1 is 1.47 bits per heavy atom. The average molecular weight is 230 g/mol. The van der Waals surface area contributed by atoms with E-state index in [1.807, 2.05) is 0 Å². The van der Waals surface area contributed by atoms with Crippen molar-refractivity contribution in [2.75, 3.05) is 31.6 Å². The molecule has 0 aliphatic carbocycles. The van der Waals surface area contributed by atoms with Gasteiger partial charge in [0, 0.05) is 31.0 Å². The number of nitrogens with zero attached hydrogens (tertiary/aromatic N) is 2. The van der Waals surface area contributed by atoms with E-state index in [1.165, 1.54) is 11.5 Å². The normalized spacial score (nSPS) is 10.5. The van der Waals surface area contributed by atoms with Crippen LogP contribution in [0.3, 0.4) is 0 Å². The second kappa shape index (κ2) is 7.56. The predicted octanol–water partition coefficient (Wildman–Crippen LogP) is 0.878. The summed E-state index contributed by atoms with van der Waals surface area (Å²) in [5.41, 5.74) is 5.29. The van der Waals surface area contributed by atoms with Crippen molar-refractivity contribution in [3.63, 3.8) is 0 Å². The van der Waals surface area contributed by atoms with Crippen LogP contribution >= 0.6 is 11.5 Å². The molecule has 0 aromatic carbocycles. The number of nitrogens with one attached hydrogen (secondary N) is 1. The lowest BCUT2D eigenvalue weighted by molar-refractivity contribution is 0.151. The summed E-state index contributed by atoms with van der Waals surface area (Å²) in [7, 11) is 0. The Bertz CT molecular complexity index is 266. The largest absolute Gasteiger partial charge is 0.378 e. The third kappa shape index (κ3) is 5.06. The molecule has 1 aromatic heterocycles. The van der Waals surface area contributed by atoms with Gasteiger partial charge in [0.15, 0.2) is 0 Å². The Kier molecular flexibility index (Phi) is 6.22. The molecule has 0 atom stereocenters. The van der Waals surface area contributed by atoms with Gasteiger partial charge in [-0.05, 0) is 6.42 Å². The fourth-order valence-corrected chi connectivity index (χ4v) is 1.70. The van der Waals surface area contributed by atoms with Crippen molar-refractivity contribution < 1.29 is 4.74 Å². The van der Waals surface area contributed by atoms with Crippen molar-refractivity contribution >= 4 is 16.7 Å². The van der Waals surface area contributed by atoms with Crippen molar-refractivity contribution in [1.29, 1.82) is 0 Å². The van der Waals surface area contributed by atoms with Gasteiger partial charge < -0.3 is 15.8 Å². The summed E-state index contributed by atoms with van der Waals surface area (Å²) in [6.07, 6.45) is 2.03. The van der Waals surface area contributed by atoms with Gasteiger partial charge in [-0.2, -0.15) is 4.37 Å². The van der Waals surface area contributed by atoms with E-state index in [9.17, 15) is 0 Å². The van der Waals surface area contributed by atoms with Gasteiger partial charge in [-0.1, -0.05) is 6.92 Å². The molecule has 1 aromatic rings. The van der Waals surface area contributed by atoms with Crippen LogP contribution in [0.1, 0.15) is 19.2 Å². The number of nitrogens with two attached hydrogens (primary N) is 1. The molecule has 0 bridgehead atoms. The molecular weight excluding hydrogens is 212 g/mol. The standard InChI is InChI=1S/C9H18N4OS/c1-2-3-8-12-9(15-13-8)11-5-7-14-6-4-10/h2-7,10H2,1H3,(H,11,12,13). The van der Waals surface area contributed by atoms with Gasteiger partial charge in [0.2, 0.25) is 5.13 Å². The molecule has 0 saturated heterocycles. The first-order valence-corrected chi connectivity index (χ1v) is 5.98. The van der Waals surface area contributed by atoms with Crippen LogP contribution in [0.15, 0.2) is 0 Å². The molecule has 0 aliphatic rings. The third-order valence-corrected chi connectivity index (χ3v) is 2.44. The maximum Gasteiger partial charge on any atom is 0.202 e. The van der Waals surface area contributed by atoms with Crippen LogP contribution in [-0.4, -0.2) is 35.7 Å². The Morgan fingerprint density at radius 2 is 2.33 bits per heavy atom. The zero-order valence-electron chi connectivity index (χ0n) is 9.03. The Hall–Kier alpha value is -0.720. The lowest BCUT2D eigenvalue weighted by atomic mass is 10.3. The van der Waals surface area contributed by atoms with Gasteiger partial charge in [0.05, 0.1) is 13.2 Å². The highest BCUT2D eigenvalue weighted by molar-refractivity contribution is 7.09. The fraction of sp³-hybridized carbons (Fsp3) is 0.778. The van der Waals surface area contributed by atoms with Gasteiger partial charge in [0.1, 0.15) is 5.82 Å². The van der Waals surface area contributed by atoms with Gasteiger partial charge in [0.25, 0.3) is 0 Å². The minimum atomic E-state index is 0.569. The number of rotatable bonds is 8. The first kappa shape index (κ1) is 12.4. The Balaban J connectivity index is 2.14. The molecule has 0 amide bonds. The molecule has 0 aliphatic heterocycles. The maximum absolute atomic E-state index is 5.29. The van der Waals surface area contributed by atoms with Crippen molar-refractivity contribution in [3.8, 4) is 0 Å². The van der Waals surface area contributed by atoms with Gasteiger partial charge >= 0.3 is 0 Å². The second-order valence-electron chi connectivity index (χ2n) is 3.09. The van der Waals surface area contributed by atoms with Crippen LogP contribution in [0.4, 0.5) is 5.13 Å². The summed E-state index contributed by atoms with van der Waals surface area (Å²) in [4.78, 5) is 4.33. The number of hydrogen-bond acceptors (Lipinski definition) is 6. The van der Waals surface area contributed by atoms with Crippen LogP contribution in [0, 0.1) is 0 Å². The lowest BCUT2D eigenvalue weighted by Crippen LogP contribution is -2.14. The number of aryl methyl sites for hydroxylation is 1. The summed E-state index contributed by atoms with van der Waals surface area (Å²) in [5.74, 6) is 0.924. The molecule has 0 saturated carbocycles. The quantitative estimate of drug-likeness (QED) is 0.648. The molecule has 1 rings (SSSR count). The van der Waals surface area contributed by atoms with Crippen LogP contribution in [0.5, 0.6) is 0 Å². The van der Waals surface area contributed by atoms with E-state index in [0.29, 0.717) is 19.8 Å². The molecule has 6 heteroatoms. The molecule has 0 spiro atoms. The highest BCUT2D eigenvalue weighted by Gasteiger charge is 2.01. The summed E-state index contributed by atoms with van der Waals surface area (Å²) in [5, 5.41) is 4.03. The maximum atomic E-state index is 5.29. The zero-order chi connectivity index (χ0) is 10.9. The summed E-state index contributed by atoms with van der Waals surface area (Å²) >= 11 is 1.40. The van der Waals surface area contributed by atoms with E-state index in [4.69, 9.17) is 10.5 Å². The molecule has 0 unspecified atom stereocenters. The summed E-state index contributed by atoms with van der Waals surface area (Å²) in [6.45, 7) is 4.70. The molecule has 3 N–H and O–H groups in total. The average Bonchev–Trinajstić information content (AvgIpc) is 2.66. The summed E-state index contributed by atoms with van der Waals surface area (Å²) < 4.78 is 9.46. The van der Waals surface area contributed by atoms with Crippen LogP contribution < -0.4 is 11.1 Å². The molecule has 15 heavy (non-hydrogen) atoms. The van der Waals surface area contributed by atoms with Gasteiger partial charge in [-0.15, -0.1) is 0 Å². The van der Waals surface area contributed by atoms with Gasteiger partial charge in [-0.25, -0.2) is 4.98 Å². The highest BCUT2D eigenvalue weighted by atomic mass is 32.1. The molecule has 0 fully saturated rings. The van der Waals surface area contributed by atoms with Crippen LogP contribution in [-0.2, 0) is 11.2 Å². The SMILES string of the molecule is CCCc1nsc(NCCOCCN)n1. The molecule has 5 nitrogen and oxygen atoms in total. The lowest BCUT2D eigenvalue weighted by Gasteiger charge is -2.02. The number of hydrogen-bond donors (Lipinski definition) is 2. The van der Waals surface area contributed by atoms with E-state index in [1.54, 1.807) is 0 Å². The minimum absolute atomic E-state index is 0.569. The Labute approximate surface area is 94.2 Å². The van der Waals surface area contributed by atoms with Crippen molar-refractivity contribution in [2.24, 2.45) is 5.73 Å². The summed E-state index contributed by atoms with van der Waals surface area (Å²) in [6, 6.07) is 0. The predicted molar refractivity (Wildman–Crippen MR) is 62.3 cm³/mol. The van der Waals surface area contributed by atoms with E-state index in [0.717, 1.165) is 30.3 Å². The van der Waals surface area contributed by atoms with Gasteiger partial charge in [-0.3, -0.25) is 0 Å². The molecule has 0 radical (unpaired) electrons. The van der Waals surface area contributed by atoms with E-state index >= 15 is 0 Å². The zero-order valence-corrected chi connectivity index (χ0v) is 9.85. The molecule has 86 valence electrons. The van der Waals surface area contributed by atoms with E-state index in [-0.39, 0.29) is 0 Å².